The Bertz CT molecular complexity index is 708. The number of H-pyrrole nitrogens is 1. The highest BCUT2D eigenvalue weighted by Gasteiger charge is 2.14. The molecule has 2 atom stereocenters. The van der Waals surface area contributed by atoms with Crippen molar-refractivity contribution >= 4 is 16.8 Å². The van der Waals surface area contributed by atoms with Crippen molar-refractivity contribution in [3.8, 4) is 0 Å². The number of amides is 1. The predicted molar refractivity (Wildman–Crippen MR) is 86.7 cm³/mol. The van der Waals surface area contributed by atoms with Gasteiger partial charge < -0.3 is 15.4 Å². The minimum atomic E-state index is -0.150. The van der Waals surface area contributed by atoms with Crippen LogP contribution in [0.5, 0.6) is 0 Å². The molecule has 0 saturated carbocycles. The van der Waals surface area contributed by atoms with Crippen molar-refractivity contribution in [3.63, 3.8) is 0 Å². The van der Waals surface area contributed by atoms with Crippen molar-refractivity contribution in [1.82, 2.24) is 10.3 Å². The summed E-state index contributed by atoms with van der Waals surface area (Å²) >= 11 is 0. The normalized spacial score (nSPS) is 13.8. The van der Waals surface area contributed by atoms with Crippen LogP contribution in [0.1, 0.15) is 25.8 Å². The van der Waals surface area contributed by atoms with Crippen LogP contribution < -0.4 is 10.9 Å². The number of aliphatic hydroxyl groups is 1. The van der Waals surface area contributed by atoms with Gasteiger partial charge in [-0.15, -0.1) is 0 Å². The number of rotatable bonds is 6. The molecular weight excluding hydrogens is 280 g/mol. The molecule has 0 bridgehead atoms. The van der Waals surface area contributed by atoms with Gasteiger partial charge in [0.25, 0.3) is 5.56 Å². The summed E-state index contributed by atoms with van der Waals surface area (Å²) in [7, 11) is 0. The molecule has 1 amide bonds. The maximum absolute atomic E-state index is 12.0. The zero-order chi connectivity index (χ0) is 16.1. The van der Waals surface area contributed by atoms with Crippen LogP contribution >= 0.6 is 0 Å². The summed E-state index contributed by atoms with van der Waals surface area (Å²) in [6.07, 6.45) is 0.649. The van der Waals surface area contributed by atoms with E-state index < -0.39 is 0 Å². The van der Waals surface area contributed by atoms with Gasteiger partial charge in [-0.2, -0.15) is 0 Å². The van der Waals surface area contributed by atoms with Crippen molar-refractivity contribution in [1.29, 1.82) is 0 Å². The highest BCUT2D eigenvalue weighted by atomic mass is 16.3. The van der Waals surface area contributed by atoms with Gasteiger partial charge in [0, 0.05) is 30.1 Å². The molecule has 0 aliphatic heterocycles. The predicted octanol–water partition coefficient (Wildman–Crippen LogP) is 1.59. The maximum atomic E-state index is 12.0. The molecule has 1 aromatic heterocycles. The van der Waals surface area contributed by atoms with Crippen LogP contribution in [0.2, 0.25) is 0 Å². The van der Waals surface area contributed by atoms with Crippen LogP contribution in [0.3, 0.4) is 0 Å². The monoisotopic (exact) mass is 302 g/mol. The van der Waals surface area contributed by atoms with Crippen LogP contribution in [0.15, 0.2) is 35.1 Å². The van der Waals surface area contributed by atoms with E-state index in [9.17, 15) is 9.59 Å². The molecule has 2 unspecified atom stereocenters. The fourth-order valence-corrected chi connectivity index (χ4v) is 2.25. The number of hydrogen-bond acceptors (Lipinski definition) is 3. The number of carbonyl (C=O) groups excluding carboxylic acids is 1. The van der Waals surface area contributed by atoms with Gasteiger partial charge >= 0.3 is 0 Å². The summed E-state index contributed by atoms with van der Waals surface area (Å²) in [5.41, 5.74) is 1.26. The van der Waals surface area contributed by atoms with Crippen molar-refractivity contribution < 1.29 is 9.90 Å². The Balaban J connectivity index is 2.01. The zero-order valence-corrected chi connectivity index (χ0v) is 12.9. The van der Waals surface area contributed by atoms with E-state index in [4.69, 9.17) is 5.11 Å². The Morgan fingerprint density at radius 2 is 2.05 bits per heavy atom. The second kappa shape index (κ2) is 7.22. The highest BCUT2D eigenvalue weighted by molar-refractivity contribution is 5.79. The van der Waals surface area contributed by atoms with E-state index in [0.717, 1.165) is 10.9 Å². The number of aromatic nitrogens is 1. The molecule has 5 heteroatoms. The summed E-state index contributed by atoms with van der Waals surface area (Å²) in [5.74, 6) is -0.103. The average Bonchev–Trinajstić information content (AvgIpc) is 2.51. The number of para-hydroxylation sites is 1. The van der Waals surface area contributed by atoms with Gasteiger partial charge in [-0.25, -0.2) is 0 Å². The number of aryl methyl sites for hydroxylation is 1. The fraction of sp³-hybridized carbons (Fsp3) is 0.412. The molecule has 2 aromatic rings. The van der Waals surface area contributed by atoms with E-state index in [-0.39, 0.29) is 36.5 Å². The lowest BCUT2D eigenvalue weighted by Gasteiger charge is -2.19. The SMILES string of the molecule is CC(CO)C(C)NC(=O)CCc1cc2ccccc2[nH]c1=O. The van der Waals surface area contributed by atoms with Gasteiger partial charge in [-0.1, -0.05) is 25.1 Å². The van der Waals surface area contributed by atoms with E-state index >= 15 is 0 Å². The van der Waals surface area contributed by atoms with Gasteiger partial charge in [0.15, 0.2) is 0 Å². The third-order valence-electron chi connectivity index (χ3n) is 3.98. The van der Waals surface area contributed by atoms with Crippen LogP contribution in [-0.4, -0.2) is 28.6 Å². The van der Waals surface area contributed by atoms with Crippen molar-refractivity contribution in [3.05, 3.63) is 46.2 Å². The summed E-state index contributed by atoms with van der Waals surface area (Å²) < 4.78 is 0. The first kappa shape index (κ1) is 16.2. The average molecular weight is 302 g/mol. The second-order valence-corrected chi connectivity index (χ2v) is 5.73. The van der Waals surface area contributed by atoms with E-state index in [0.29, 0.717) is 12.0 Å². The van der Waals surface area contributed by atoms with E-state index in [1.54, 1.807) is 0 Å². The quantitative estimate of drug-likeness (QED) is 0.758. The lowest BCUT2D eigenvalue weighted by atomic mass is 10.0. The summed E-state index contributed by atoms with van der Waals surface area (Å²) in [6.45, 7) is 3.77. The van der Waals surface area contributed by atoms with Crippen LogP contribution in [0.25, 0.3) is 10.9 Å². The first-order valence-electron chi connectivity index (χ1n) is 7.52. The first-order chi connectivity index (χ1) is 10.5. The van der Waals surface area contributed by atoms with E-state index in [2.05, 4.69) is 10.3 Å². The maximum Gasteiger partial charge on any atom is 0.251 e. The molecule has 1 aromatic carbocycles. The van der Waals surface area contributed by atoms with Crippen LogP contribution in [0.4, 0.5) is 0 Å². The second-order valence-electron chi connectivity index (χ2n) is 5.73. The van der Waals surface area contributed by atoms with Gasteiger partial charge in [-0.05, 0) is 36.8 Å². The Hall–Kier alpha value is -2.14. The molecule has 2 rings (SSSR count). The molecule has 0 aliphatic rings. The fourth-order valence-electron chi connectivity index (χ4n) is 2.25. The molecular formula is C17H22N2O3. The standard InChI is InChI=1S/C17H22N2O3/c1-11(10-20)12(2)18-16(21)8-7-14-9-13-5-3-4-6-15(13)19-17(14)22/h3-6,9,11-12,20H,7-8,10H2,1-2H3,(H,18,21)(H,19,22). The van der Waals surface area contributed by atoms with Crippen LogP contribution in [0, 0.1) is 5.92 Å². The van der Waals surface area contributed by atoms with Crippen molar-refractivity contribution in [2.45, 2.75) is 32.7 Å². The van der Waals surface area contributed by atoms with Gasteiger partial charge in [0.2, 0.25) is 5.91 Å². The van der Waals surface area contributed by atoms with Gasteiger partial charge in [0.1, 0.15) is 0 Å². The van der Waals surface area contributed by atoms with Crippen molar-refractivity contribution in [2.24, 2.45) is 5.92 Å². The minimum Gasteiger partial charge on any atom is -0.396 e. The number of hydrogen-bond donors (Lipinski definition) is 3. The largest absolute Gasteiger partial charge is 0.396 e. The lowest BCUT2D eigenvalue weighted by Crippen LogP contribution is -2.38. The Kier molecular flexibility index (Phi) is 5.33. The number of pyridine rings is 1. The summed E-state index contributed by atoms with van der Waals surface area (Å²) in [4.78, 5) is 26.7. The molecule has 0 fully saturated rings. The number of aliphatic hydroxyl groups excluding tert-OH is 1. The summed E-state index contributed by atoms with van der Waals surface area (Å²) in [6, 6.07) is 9.31. The minimum absolute atomic E-state index is 0.00743. The lowest BCUT2D eigenvalue weighted by molar-refractivity contribution is -0.122. The molecule has 3 N–H and O–H groups in total. The number of fused-ring (bicyclic) bond motifs is 1. The van der Waals surface area contributed by atoms with Crippen LogP contribution in [-0.2, 0) is 11.2 Å². The number of nitrogens with one attached hydrogen (secondary N) is 2. The Morgan fingerprint density at radius 1 is 1.32 bits per heavy atom. The van der Waals surface area contributed by atoms with E-state index in [1.807, 2.05) is 44.2 Å². The smallest absolute Gasteiger partial charge is 0.251 e. The van der Waals surface area contributed by atoms with Crippen molar-refractivity contribution in [2.75, 3.05) is 6.61 Å². The molecule has 0 radical (unpaired) electrons. The molecule has 118 valence electrons. The number of carbonyl (C=O) groups is 1. The molecule has 1 heterocycles. The molecule has 0 saturated heterocycles. The van der Waals surface area contributed by atoms with Gasteiger partial charge in [-0.3, -0.25) is 9.59 Å². The third kappa shape index (κ3) is 3.95. The number of aromatic amines is 1. The molecule has 5 nitrogen and oxygen atoms in total. The third-order valence-corrected chi connectivity index (χ3v) is 3.98. The summed E-state index contributed by atoms with van der Waals surface area (Å²) in [5, 5.41) is 12.9. The Morgan fingerprint density at radius 3 is 2.77 bits per heavy atom. The molecule has 0 aliphatic carbocycles. The Labute approximate surface area is 129 Å². The highest BCUT2D eigenvalue weighted by Crippen LogP contribution is 2.11. The first-order valence-corrected chi connectivity index (χ1v) is 7.52. The molecule has 0 spiro atoms. The van der Waals surface area contributed by atoms with Gasteiger partial charge in [0.05, 0.1) is 0 Å². The topological polar surface area (TPSA) is 82.2 Å². The number of benzene rings is 1. The van der Waals surface area contributed by atoms with E-state index in [1.165, 1.54) is 0 Å². The molecule has 22 heavy (non-hydrogen) atoms. The zero-order valence-electron chi connectivity index (χ0n) is 12.9.